The summed E-state index contributed by atoms with van der Waals surface area (Å²) in [4.78, 5) is 21.4. The van der Waals surface area contributed by atoms with Gasteiger partial charge in [-0.05, 0) is 26.7 Å². The van der Waals surface area contributed by atoms with E-state index in [1.54, 1.807) is 0 Å². The molecule has 0 fully saturated rings. The van der Waals surface area contributed by atoms with Crippen molar-refractivity contribution >= 4 is 11.9 Å². The van der Waals surface area contributed by atoms with E-state index in [1.807, 2.05) is 13.8 Å². The smallest absolute Gasteiger partial charge is 0.303 e. The van der Waals surface area contributed by atoms with Crippen LogP contribution < -0.4 is 5.32 Å². The molecule has 0 spiro atoms. The zero-order valence-electron chi connectivity index (χ0n) is 9.99. The van der Waals surface area contributed by atoms with Crippen molar-refractivity contribution in [3.8, 4) is 0 Å². The number of hydrogen-bond acceptors (Lipinski definition) is 3. The van der Waals surface area contributed by atoms with E-state index < -0.39 is 5.97 Å². The summed E-state index contributed by atoms with van der Waals surface area (Å²) in [7, 11) is 0. The maximum atomic E-state index is 11.2. The number of hydrogen-bond donors (Lipinski definition) is 2. The second kappa shape index (κ2) is 9.15. The fourth-order valence-electron chi connectivity index (χ4n) is 1.14. The highest BCUT2D eigenvalue weighted by molar-refractivity contribution is 5.75. The Hall–Kier alpha value is -1.10. The van der Waals surface area contributed by atoms with Gasteiger partial charge in [0.05, 0.1) is 12.7 Å². The molecule has 5 heteroatoms. The molecule has 0 radical (unpaired) electrons. The van der Waals surface area contributed by atoms with Crippen LogP contribution in [0.3, 0.4) is 0 Å². The molecule has 5 nitrogen and oxygen atoms in total. The summed E-state index contributed by atoms with van der Waals surface area (Å²) in [6, 6.07) is 0. The molecule has 16 heavy (non-hydrogen) atoms. The molecule has 0 atom stereocenters. The van der Waals surface area contributed by atoms with Crippen LogP contribution in [0.25, 0.3) is 0 Å². The van der Waals surface area contributed by atoms with Crippen LogP contribution in [-0.4, -0.2) is 36.2 Å². The molecule has 0 saturated heterocycles. The van der Waals surface area contributed by atoms with Gasteiger partial charge in [-0.25, -0.2) is 0 Å². The molecule has 94 valence electrons. The van der Waals surface area contributed by atoms with E-state index >= 15 is 0 Å². The summed E-state index contributed by atoms with van der Waals surface area (Å²) in [5, 5.41) is 11.1. The molecule has 0 bridgehead atoms. The number of unbranched alkanes of at least 4 members (excludes halogenated alkanes) is 1. The van der Waals surface area contributed by atoms with E-state index in [-0.39, 0.29) is 18.4 Å². The molecular weight excluding hydrogens is 210 g/mol. The number of carboxylic acid groups (broad SMARTS) is 1. The Morgan fingerprint density at radius 3 is 2.44 bits per heavy atom. The SMILES string of the molecule is CC(C)OCCNC(=O)CCCCC(=O)O. The molecule has 0 saturated carbocycles. The molecule has 0 rings (SSSR count). The first-order valence-electron chi connectivity index (χ1n) is 5.62. The minimum atomic E-state index is -0.814. The monoisotopic (exact) mass is 231 g/mol. The van der Waals surface area contributed by atoms with Crippen LogP contribution in [0.5, 0.6) is 0 Å². The average Bonchev–Trinajstić information content (AvgIpc) is 2.19. The van der Waals surface area contributed by atoms with Crippen LogP contribution in [0, 0.1) is 0 Å². The zero-order chi connectivity index (χ0) is 12.4. The lowest BCUT2D eigenvalue weighted by molar-refractivity contribution is -0.137. The van der Waals surface area contributed by atoms with Crippen LogP contribution in [0.1, 0.15) is 39.5 Å². The van der Waals surface area contributed by atoms with Crippen LogP contribution in [-0.2, 0) is 14.3 Å². The van der Waals surface area contributed by atoms with Crippen LogP contribution in [0.4, 0.5) is 0 Å². The van der Waals surface area contributed by atoms with E-state index in [1.165, 1.54) is 0 Å². The molecule has 0 aliphatic carbocycles. The van der Waals surface area contributed by atoms with Crippen LogP contribution in [0.15, 0.2) is 0 Å². The highest BCUT2D eigenvalue weighted by Crippen LogP contribution is 1.99. The van der Waals surface area contributed by atoms with Crippen molar-refractivity contribution in [2.75, 3.05) is 13.2 Å². The van der Waals surface area contributed by atoms with E-state index in [2.05, 4.69) is 5.32 Å². The standard InChI is InChI=1S/C11H21NO4/c1-9(2)16-8-7-12-10(13)5-3-4-6-11(14)15/h9H,3-8H2,1-2H3,(H,12,13)(H,14,15). The van der Waals surface area contributed by atoms with E-state index in [0.29, 0.717) is 32.4 Å². The van der Waals surface area contributed by atoms with Crippen molar-refractivity contribution in [3.63, 3.8) is 0 Å². The number of nitrogens with one attached hydrogen (secondary N) is 1. The van der Waals surface area contributed by atoms with Gasteiger partial charge in [-0.15, -0.1) is 0 Å². The van der Waals surface area contributed by atoms with Gasteiger partial charge in [0, 0.05) is 19.4 Å². The Labute approximate surface area is 96.2 Å². The number of rotatable bonds is 9. The van der Waals surface area contributed by atoms with Gasteiger partial charge in [-0.1, -0.05) is 0 Å². The van der Waals surface area contributed by atoms with Gasteiger partial charge in [0.15, 0.2) is 0 Å². The lowest BCUT2D eigenvalue weighted by Gasteiger charge is -2.08. The molecule has 2 N–H and O–H groups in total. The highest BCUT2D eigenvalue weighted by Gasteiger charge is 2.02. The molecule has 0 unspecified atom stereocenters. The number of carbonyl (C=O) groups excluding carboxylic acids is 1. The van der Waals surface area contributed by atoms with Crippen LogP contribution >= 0.6 is 0 Å². The number of carboxylic acids is 1. The summed E-state index contributed by atoms with van der Waals surface area (Å²) >= 11 is 0. The molecule has 0 heterocycles. The summed E-state index contributed by atoms with van der Waals surface area (Å²) < 4.78 is 5.26. The summed E-state index contributed by atoms with van der Waals surface area (Å²) in [6.07, 6.45) is 1.85. The Kier molecular flexibility index (Phi) is 8.52. The lowest BCUT2D eigenvalue weighted by atomic mass is 10.2. The predicted octanol–water partition coefficient (Wildman–Crippen LogP) is 1.17. The average molecular weight is 231 g/mol. The van der Waals surface area contributed by atoms with Crippen molar-refractivity contribution in [2.45, 2.75) is 45.6 Å². The molecule has 0 aliphatic heterocycles. The predicted molar refractivity (Wildman–Crippen MR) is 60.2 cm³/mol. The molecular formula is C11H21NO4. The summed E-state index contributed by atoms with van der Waals surface area (Å²) in [5.41, 5.74) is 0. The Bertz CT molecular complexity index is 216. The largest absolute Gasteiger partial charge is 0.481 e. The van der Waals surface area contributed by atoms with Crippen LogP contribution in [0.2, 0.25) is 0 Å². The second-order valence-corrected chi connectivity index (χ2v) is 3.87. The van der Waals surface area contributed by atoms with Crippen molar-refractivity contribution in [1.82, 2.24) is 5.32 Å². The first-order chi connectivity index (χ1) is 7.52. The molecule has 0 aromatic heterocycles. The normalized spacial score (nSPS) is 10.4. The number of ether oxygens (including phenoxy) is 1. The number of aliphatic carboxylic acids is 1. The zero-order valence-corrected chi connectivity index (χ0v) is 9.99. The maximum Gasteiger partial charge on any atom is 0.303 e. The van der Waals surface area contributed by atoms with Gasteiger partial charge in [0.2, 0.25) is 5.91 Å². The molecule has 0 aromatic carbocycles. The first kappa shape index (κ1) is 14.9. The Balaban J connectivity index is 3.28. The molecule has 1 amide bonds. The van der Waals surface area contributed by atoms with E-state index in [4.69, 9.17) is 9.84 Å². The minimum absolute atomic E-state index is 0.0438. The Morgan fingerprint density at radius 2 is 1.88 bits per heavy atom. The Morgan fingerprint density at radius 1 is 1.25 bits per heavy atom. The molecule has 0 aromatic rings. The highest BCUT2D eigenvalue weighted by atomic mass is 16.5. The fraction of sp³-hybridized carbons (Fsp3) is 0.818. The van der Waals surface area contributed by atoms with Gasteiger partial charge in [0.25, 0.3) is 0 Å². The first-order valence-corrected chi connectivity index (χ1v) is 5.62. The van der Waals surface area contributed by atoms with Gasteiger partial charge in [0.1, 0.15) is 0 Å². The van der Waals surface area contributed by atoms with Gasteiger partial charge in [-0.3, -0.25) is 9.59 Å². The third-order valence-electron chi connectivity index (χ3n) is 1.92. The van der Waals surface area contributed by atoms with Gasteiger partial charge >= 0.3 is 5.97 Å². The second-order valence-electron chi connectivity index (χ2n) is 3.87. The maximum absolute atomic E-state index is 11.2. The quantitative estimate of drug-likeness (QED) is 0.584. The van der Waals surface area contributed by atoms with E-state index in [0.717, 1.165) is 0 Å². The third-order valence-corrected chi connectivity index (χ3v) is 1.92. The van der Waals surface area contributed by atoms with Crippen molar-refractivity contribution in [2.24, 2.45) is 0 Å². The van der Waals surface area contributed by atoms with E-state index in [9.17, 15) is 9.59 Å². The fourth-order valence-corrected chi connectivity index (χ4v) is 1.14. The minimum Gasteiger partial charge on any atom is -0.481 e. The third kappa shape index (κ3) is 11.0. The van der Waals surface area contributed by atoms with Gasteiger partial charge in [-0.2, -0.15) is 0 Å². The van der Waals surface area contributed by atoms with Crippen molar-refractivity contribution < 1.29 is 19.4 Å². The summed E-state index contributed by atoms with van der Waals surface area (Å²) in [6.45, 7) is 4.90. The topological polar surface area (TPSA) is 75.6 Å². The summed E-state index contributed by atoms with van der Waals surface area (Å²) in [5.74, 6) is -0.858. The molecule has 0 aliphatic rings. The van der Waals surface area contributed by atoms with Crippen molar-refractivity contribution in [3.05, 3.63) is 0 Å². The van der Waals surface area contributed by atoms with Gasteiger partial charge < -0.3 is 15.2 Å². The lowest BCUT2D eigenvalue weighted by Crippen LogP contribution is -2.27. The number of carbonyl (C=O) groups is 2. The number of amides is 1. The van der Waals surface area contributed by atoms with Crippen molar-refractivity contribution in [1.29, 1.82) is 0 Å².